The number of allylic oxidation sites excluding steroid dienone is 22. The van der Waals surface area contributed by atoms with Crippen LogP contribution in [-0.2, 0) is 28.6 Å². The quantitative estimate of drug-likeness (QED) is 0.0261. The summed E-state index contributed by atoms with van der Waals surface area (Å²) in [6.45, 7) is 6.38. The molecular weight excluding hydrogens is 997 g/mol. The van der Waals surface area contributed by atoms with E-state index >= 15 is 0 Å². The van der Waals surface area contributed by atoms with E-state index in [1.165, 1.54) is 128 Å². The Morgan fingerprint density at radius 1 is 0.259 bits per heavy atom. The second kappa shape index (κ2) is 68.1. The van der Waals surface area contributed by atoms with E-state index in [9.17, 15) is 14.4 Å². The third-order valence-corrected chi connectivity index (χ3v) is 14.1. The smallest absolute Gasteiger partial charge is 0.306 e. The van der Waals surface area contributed by atoms with Gasteiger partial charge in [0, 0.05) is 19.3 Å². The molecule has 0 aliphatic carbocycles. The summed E-state index contributed by atoms with van der Waals surface area (Å²) in [7, 11) is 0. The van der Waals surface area contributed by atoms with Gasteiger partial charge < -0.3 is 14.2 Å². The maximum Gasteiger partial charge on any atom is 0.306 e. The highest BCUT2D eigenvalue weighted by molar-refractivity contribution is 5.71. The summed E-state index contributed by atoms with van der Waals surface area (Å²) >= 11 is 0. The second-order valence-electron chi connectivity index (χ2n) is 22.0. The van der Waals surface area contributed by atoms with E-state index in [0.29, 0.717) is 19.3 Å². The first-order chi connectivity index (χ1) is 40.0. The largest absolute Gasteiger partial charge is 0.462 e. The molecule has 0 saturated heterocycles. The van der Waals surface area contributed by atoms with Gasteiger partial charge in [-0.3, -0.25) is 14.4 Å². The number of hydrogen-bond acceptors (Lipinski definition) is 6. The molecule has 0 radical (unpaired) electrons. The van der Waals surface area contributed by atoms with E-state index in [-0.39, 0.29) is 31.1 Å². The van der Waals surface area contributed by atoms with Crippen LogP contribution in [-0.4, -0.2) is 37.2 Å². The van der Waals surface area contributed by atoms with Crippen LogP contribution in [0.25, 0.3) is 0 Å². The summed E-state index contributed by atoms with van der Waals surface area (Å²) in [5.74, 6) is -0.917. The number of esters is 3. The Hall–Kier alpha value is -4.45. The molecule has 0 rings (SSSR count). The van der Waals surface area contributed by atoms with Crippen LogP contribution < -0.4 is 0 Å². The van der Waals surface area contributed by atoms with E-state index in [0.717, 1.165) is 135 Å². The third kappa shape index (κ3) is 66.2. The molecular formula is C75H124O6. The molecule has 0 saturated carbocycles. The van der Waals surface area contributed by atoms with E-state index in [2.05, 4.69) is 154 Å². The van der Waals surface area contributed by atoms with Crippen LogP contribution in [0, 0.1) is 0 Å². The molecule has 1 unspecified atom stereocenters. The van der Waals surface area contributed by atoms with Crippen LogP contribution in [0.1, 0.15) is 303 Å². The van der Waals surface area contributed by atoms with E-state index in [1.807, 2.05) is 0 Å². The Balaban J connectivity index is 4.39. The summed E-state index contributed by atoms with van der Waals surface area (Å²) in [4.78, 5) is 38.4. The molecule has 0 aliphatic rings. The molecule has 6 nitrogen and oxygen atoms in total. The van der Waals surface area contributed by atoms with Crippen molar-refractivity contribution in [3.05, 3.63) is 134 Å². The van der Waals surface area contributed by atoms with E-state index in [1.54, 1.807) is 0 Å². The first-order valence-electron chi connectivity index (χ1n) is 33.7. The standard InChI is InChI=1S/C75H124O6/c1-4-7-10-13-16-19-22-25-28-31-33-34-35-36-37-38-39-40-42-44-47-50-53-56-59-62-65-68-74(77)80-71-72(70-79-73(76)67-64-61-58-55-52-49-46-43-30-27-24-21-18-15-12-9-6-3)81-75(78)69-66-63-60-57-54-51-48-45-41-32-29-26-23-20-17-14-11-8-5-2/h7,9-10,12,16-21,25-30,33-34,36-37,46,49,72H,4-6,8,11,13-15,22-24,31-32,35,38-45,47-48,50-71H2,1-3H3/b10-7-,12-9-,19-16-,20-17-,21-18-,28-25-,29-26-,30-27-,34-33-,37-36-,49-46-. The summed E-state index contributed by atoms with van der Waals surface area (Å²) in [6.07, 6.45) is 96.0. The molecule has 1 atom stereocenters. The fraction of sp³-hybridized carbons (Fsp3) is 0.667. The zero-order valence-corrected chi connectivity index (χ0v) is 52.8. The molecule has 0 heterocycles. The Bertz CT molecular complexity index is 1720. The zero-order valence-electron chi connectivity index (χ0n) is 52.8. The Morgan fingerprint density at radius 2 is 0.481 bits per heavy atom. The van der Waals surface area contributed by atoms with Gasteiger partial charge in [0.25, 0.3) is 0 Å². The summed E-state index contributed by atoms with van der Waals surface area (Å²) < 4.78 is 16.9. The molecule has 460 valence electrons. The van der Waals surface area contributed by atoms with Crippen LogP contribution in [0.3, 0.4) is 0 Å². The van der Waals surface area contributed by atoms with Crippen molar-refractivity contribution in [3.8, 4) is 0 Å². The minimum Gasteiger partial charge on any atom is -0.462 e. The van der Waals surface area contributed by atoms with Gasteiger partial charge in [0.2, 0.25) is 0 Å². The monoisotopic (exact) mass is 1120 g/mol. The summed E-state index contributed by atoms with van der Waals surface area (Å²) in [6, 6.07) is 0. The number of unbranched alkanes of at least 4 members (excludes halogenated alkanes) is 27. The first-order valence-corrected chi connectivity index (χ1v) is 33.7. The van der Waals surface area contributed by atoms with Crippen molar-refractivity contribution in [3.63, 3.8) is 0 Å². The highest BCUT2D eigenvalue weighted by Gasteiger charge is 2.19. The normalized spacial score (nSPS) is 13.0. The zero-order chi connectivity index (χ0) is 58.5. The van der Waals surface area contributed by atoms with Crippen LogP contribution in [0.4, 0.5) is 0 Å². The third-order valence-electron chi connectivity index (χ3n) is 14.1. The molecule has 0 amide bonds. The van der Waals surface area contributed by atoms with Crippen molar-refractivity contribution in [2.75, 3.05) is 13.2 Å². The SMILES string of the molecule is CC/C=C\C/C=C\C/C=C\C/C=C\C/C=C\CCCCCCCCCCCCCC(=O)OCC(COC(=O)CCCCCC/C=C\C/C=C\C/C=C\C/C=C\CC)OC(=O)CCCCCCCCCCC/C=C\C/C=C\CCCCC. The molecule has 0 aromatic carbocycles. The lowest BCUT2D eigenvalue weighted by atomic mass is 10.0. The molecule has 6 heteroatoms. The average Bonchev–Trinajstić information content (AvgIpc) is 3.47. The number of carbonyl (C=O) groups excluding carboxylic acids is 3. The second-order valence-corrected chi connectivity index (χ2v) is 22.0. The van der Waals surface area contributed by atoms with E-state index in [4.69, 9.17) is 14.2 Å². The number of rotatable bonds is 60. The molecule has 0 aromatic rings. The van der Waals surface area contributed by atoms with Gasteiger partial charge in [-0.15, -0.1) is 0 Å². The van der Waals surface area contributed by atoms with Crippen LogP contribution >= 0.6 is 0 Å². The Labute approximate surface area is 500 Å². The molecule has 0 fully saturated rings. The van der Waals surface area contributed by atoms with Crippen molar-refractivity contribution >= 4 is 17.9 Å². The van der Waals surface area contributed by atoms with Gasteiger partial charge in [-0.2, -0.15) is 0 Å². The number of carbonyl (C=O) groups is 3. The van der Waals surface area contributed by atoms with Crippen molar-refractivity contribution in [2.45, 2.75) is 309 Å². The topological polar surface area (TPSA) is 78.9 Å². The summed E-state index contributed by atoms with van der Waals surface area (Å²) in [5, 5.41) is 0. The fourth-order valence-corrected chi connectivity index (χ4v) is 9.14. The lowest BCUT2D eigenvalue weighted by Gasteiger charge is -2.18. The predicted octanol–water partition coefficient (Wildman–Crippen LogP) is 23.3. The minimum absolute atomic E-state index is 0.0919. The minimum atomic E-state index is -0.798. The number of ether oxygens (including phenoxy) is 3. The lowest BCUT2D eigenvalue weighted by molar-refractivity contribution is -0.167. The highest BCUT2D eigenvalue weighted by atomic mass is 16.6. The maximum absolute atomic E-state index is 12.9. The predicted molar refractivity (Wildman–Crippen MR) is 353 cm³/mol. The molecule has 0 aromatic heterocycles. The van der Waals surface area contributed by atoms with Gasteiger partial charge >= 0.3 is 17.9 Å². The van der Waals surface area contributed by atoms with Crippen molar-refractivity contribution in [1.29, 1.82) is 0 Å². The lowest BCUT2D eigenvalue weighted by Crippen LogP contribution is -2.30. The average molecular weight is 1120 g/mol. The van der Waals surface area contributed by atoms with Gasteiger partial charge in [0.15, 0.2) is 6.10 Å². The van der Waals surface area contributed by atoms with Gasteiger partial charge in [-0.05, 0) is 135 Å². The highest BCUT2D eigenvalue weighted by Crippen LogP contribution is 2.16. The van der Waals surface area contributed by atoms with Crippen LogP contribution in [0.5, 0.6) is 0 Å². The van der Waals surface area contributed by atoms with Gasteiger partial charge in [-0.25, -0.2) is 0 Å². The molecule has 0 bridgehead atoms. The fourth-order valence-electron chi connectivity index (χ4n) is 9.14. The molecule has 81 heavy (non-hydrogen) atoms. The van der Waals surface area contributed by atoms with E-state index < -0.39 is 6.10 Å². The van der Waals surface area contributed by atoms with Crippen molar-refractivity contribution < 1.29 is 28.6 Å². The summed E-state index contributed by atoms with van der Waals surface area (Å²) in [5.41, 5.74) is 0. The van der Waals surface area contributed by atoms with Crippen molar-refractivity contribution in [2.24, 2.45) is 0 Å². The molecule has 0 spiro atoms. The van der Waals surface area contributed by atoms with Crippen molar-refractivity contribution in [1.82, 2.24) is 0 Å². The van der Waals surface area contributed by atoms with Gasteiger partial charge in [0.05, 0.1) is 0 Å². The van der Waals surface area contributed by atoms with Crippen LogP contribution in [0.15, 0.2) is 134 Å². The maximum atomic E-state index is 12.9. The van der Waals surface area contributed by atoms with Gasteiger partial charge in [0.1, 0.15) is 13.2 Å². The van der Waals surface area contributed by atoms with Crippen LogP contribution in [0.2, 0.25) is 0 Å². The van der Waals surface area contributed by atoms with Gasteiger partial charge in [-0.1, -0.05) is 283 Å². The molecule has 0 aliphatic heterocycles. The Kier molecular flexibility index (Phi) is 64.3. The molecule has 0 N–H and O–H groups in total. The Morgan fingerprint density at radius 3 is 0.753 bits per heavy atom. The first kappa shape index (κ1) is 76.5. The number of hydrogen-bond donors (Lipinski definition) is 0.